The molecule has 8 heteroatoms. The number of carbonyl (C=O) groups excluding carboxylic acids is 3. The van der Waals surface area contributed by atoms with Gasteiger partial charge in [0.05, 0.1) is 6.42 Å². The highest BCUT2D eigenvalue weighted by molar-refractivity contribution is 5.93. The molecule has 1 aliphatic rings. The maximum absolute atomic E-state index is 12.6. The predicted molar refractivity (Wildman–Crippen MR) is 137 cm³/mol. The molecule has 0 aromatic heterocycles. The van der Waals surface area contributed by atoms with Crippen LogP contribution in [0.3, 0.4) is 0 Å². The number of piperazine rings is 1. The lowest BCUT2D eigenvalue weighted by Crippen LogP contribution is -2.46. The molecule has 3 rings (SSSR count). The monoisotopic (exact) mass is 480 g/mol. The van der Waals surface area contributed by atoms with Gasteiger partial charge in [-0.05, 0) is 42.3 Å². The van der Waals surface area contributed by atoms with Crippen LogP contribution in [0.5, 0.6) is 0 Å². The standard InChI is InChI=1S/C27H36N4O4/c1-4-30-14-16-31(17-15-30)23-12-10-22(11-13-23)28-25(33)19-35-27(34)26(20(2)3)29-24(32)18-21-8-6-5-7-9-21/h5-13,20,26H,4,14-19H2,1-3H3,(H,28,33)(H,29,32)/t26-/m0/s1. The maximum Gasteiger partial charge on any atom is 0.329 e. The molecule has 0 unspecified atom stereocenters. The Balaban J connectivity index is 1.45. The van der Waals surface area contributed by atoms with Crippen molar-refractivity contribution in [2.24, 2.45) is 5.92 Å². The number of rotatable bonds is 10. The quantitative estimate of drug-likeness (QED) is 0.508. The van der Waals surface area contributed by atoms with E-state index in [4.69, 9.17) is 4.74 Å². The van der Waals surface area contributed by atoms with Crippen molar-refractivity contribution in [1.29, 1.82) is 0 Å². The molecule has 8 nitrogen and oxygen atoms in total. The minimum atomic E-state index is -0.827. The zero-order valence-electron chi connectivity index (χ0n) is 20.8. The third kappa shape index (κ3) is 8.10. The van der Waals surface area contributed by atoms with Crippen LogP contribution in [0.2, 0.25) is 0 Å². The molecule has 1 saturated heterocycles. The number of hydrogen-bond donors (Lipinski definition) is 2. The molecular weight excluding hydrogens is 444 g/mol. The van der Waals surface area contributed by atoms with Crippen molar-refractivity contribution < 1.29 is 19.1 Å². The summed E-state index contributed by atoms with van der Waals surface area (Å²) in [6, 6.07) is 16.1. The van der Waals surface area contributed by atoms with Gasteiger partial charge in [-0.2, -0.15) is 0 Å². The van der Waals surface area contributed by atoms with E-state index < -0.39 is 24.5 Å². The average molecular weight is 481 g/mol. The summed E-state index contributed by atoms with van der Waals surface area (Å²) in [6.07, 6.45) is 0.169. The molecule has 2 aromatic carbocycles. The van der Waals surface area contributed by atoms with Crippen molar-refractivity contribution in [3.63, 3.8) is 0 Å². The van der Waals surface area contributed by atoms with Crippen LogP contribution in [0.25, 0.3) is 0 Å². The van der Waals surface area contributed by atoms with Crippen LogP contribution in [0.4, 0.5) is 11.4 Å². The molecule has 0 bridgehead atoms. The molecule has 2 amide bonds. The minimum Gasteiger partial charge on any atom is -0.454 e. The van der Waals surface area contributed by atoms with Gasteiger partial charge in [-0.25, -0.2) is 4.79 Å². The molecule has 0 aliphatic carbocycles. The lowest BCUT2D eigenvalue weighted by Gasteiger charge is -2.35. The van der Waals surface area contributed by atoms with Crippen LogP contribution in [0.15, 0.2) is 54.6 Å². The van der Waals surface area contributed by atoms with E-state index in [2.05, 4.69) is 27.4 Å². The van der Waals surface area contributed by atoms with Gasteiger partial charge in [-0.15, -0.1) is 0 Å². The number of likely N-dealkylation sites (N-methyl/N-ethyl adjacent to an activating group) is 1. The number of nitrogens with zero attached hydrogens (tertiary/aromatic N) is 2. The molecular formula is C27H36N4O4. The van der Waals surface area contributed by atoms with Gasteiger partial charge in [0.15, 0.2) is 6.61 Å². The highest BCUT2D eigenvalue weighted by atomic mass is 16.5. The number of ether oxygens (including phenoxy) is 1. The fourth-order valence-electron chi connectivity index (χ4n) is 4.00. The van der Waals surface area contributed by atoms with E-state index >= 15 is 0 Å². The Kier molecular flexibility index (Phi) is 9.66. The summed E-state index contributed by atoms with van der Waals surface area (Å²) in [6.45, 7) is 10.5. The largest absolute Gasteiger partial charge is 0.454 e. The Bertz CT molecular complexity index is 970. The van der Waals surface area contributed by atoms with Crippen LogP contribution in [-0.4, -0.2) is 68.1 Å². The van der Waals surface area contributed by atoms with E-state index in [0.29, 0.717) is 5.69 Å². The van der Waals surface area contributed by atoms with Crippen LogP contribution >= 0.6 is 0 Å². The van der Waals surface area contributed by atoms with E-state index in [-0.39, 0.29) is 18.2 Å². The van der Waals surface area contributed by atoms with Gasteiger partial charge in [0, 0.05) is 37.6 Å². The molecule has 188 valence electrons. The third-order valence-corrected chi connectivity index (χ3v) is 6.13. The highest BCUT2D eigenvalue weighted by Crippen LogP contribution is 2.19. The molecule has 1 atom stereocenters. The maximum atomic E-state index is 12.6. The van der Waals surface area contributed by atoms with Gasteiger partial charge in [-0.3, -0.25) is 9.59 Å². The second-order valence-electron chi connectivity index (χ2n) is 9.08. The number of benzene rings is 2. The predicted octanol–water partition coefficient (Wildman–Crippen LogP) is 2.69. The van der Waals surface area contributed by atoms with Gasteiger partial charge >= 0.3 is 5.97 Å². The van der Waals surface area contributed by atoms with Crippen molar-refractivity contribution in [3.8, 4) is 0 Å². The summed E-state index contributed by atoms with van der Waals surface area (Å²) in [5.41, 5.74) is 2.62. The lowest BCUT2D eigenvalue weighted by molar-refractivity contribution is -0.151. The number of nitrogens with one attached hydrogen (secondary N) is 2. The van der Waals surface area contributed by atoms with Crippen molar-refractivity contribution in [3.05, 3.63) is 60.2 Å². The Morgan fingerprint density at radius 3 is 2.17 bits per heavy atom. The van der Waals surface area contributed by atoms with Crippen molar-refractivity contribution >= 4 is 29.2 Å². The SMILES string of the molecule is CCN1CCN(c2ccc(NC(=O)COC(=O)[C@@H](NC(=O)Cc3ccccc3)C(C)C)cc2)CC1. The normalized spacial score (nSPS) is 14.9. The zero-order valence-corrected chi connectivity index (χ0v) is 20.8. The summed E-state index contributed by atoms with van der Waals surface area (Å²) in [5.74, 6) is -1.51. The summed E-state index contributed by atoms with van der Waals surface area (Å²) < 4.78 is 5.21. The number of anilines is 2. The molecule has 0 spiro atoms. The van der Waals surface area contributed by atoms with E-state index in [1.54, 1.807) is 0 Å². The second-order valence-corrected chi connectivity index (χ2v) is 9.08. The Morgan fingerprint density at radius 1 is 0.914 bits per heavy atom. The van der Waals surface area contributed by atoms with Crippen LogP contribution in [-0.2, 0) is 25.5 Å². The molecule has 1 heterocycles. The van der Waals surface area contributed by atoms with E-state index in [1.807, 2.05) is 68.4 Å². The summed E-state index contributed by atoms with van der Waals surface area (Å²) in [7, 11) is 0. The summed E-state index contributed by atoms with van der Waals surface area (Å²) >= 11 is 0. The zero-order chi connectivity index (χ0) is 25.2. The Labute approximate surface area is 207 Å². The first-order chi connectivity index (χ1) is 16.9. The fraction of sp³-hybridized carbons (Fsp3) is 0.444. The van der Waals surface area contributed by atoms with E-state index in [9.17, 15) is 14.4 Å². The van der Waals surface area contributed by atoms with Gasteiger partial charge in [0.25, 0.3) is 5.91 Å². The molecule has 2 aromatic rings. The number of carbonyl (C=O) groups is 3. The first kappa shape index (κ1) is 26.2. The molecule has 35 heavy (non-hydrogen) atoms. The Morgan fingerprint density at radius 2 is 1.57 bits per heavy atom. The number of hydrogen-bond acceptors (Lipinski definition) is 6. The van der Waals surface area contributed by atoms with Crippen LogP contribution < -0.4 is 15.5 Å². The molecule has 0 radical (unpaired) electrons. The van der Waals surface area contributed by atoms with Gasteiger partial charge in [0.1, 0.15) is 6.04 Å². The van der Waals surface area contributed by atoms with E-state index in [0.717, 1.165) is 44.0 Å². The van der Waals surface area contributed by atoms with Crippen LogP contribution in [0.1, 0.15) is 26.3 Å². The summed E-state index contributed by atoms with van der Waals surface area (Å²) in [5, 5.41) is 5.48. The van der Waals surface area contributed by atoms with Crippen molar-refractivity contribution in [2.45, 2.75) is 33.2 Å². The summed E-state index contributed by atoms with van der Waals surface area (Å²) in [4.78, 5) is 42.0. The second kappa shape index (κ2) is 12.9. The average Bonchev–Trinajstić information content (AvgIpc) is 2.87. The topological polar surface area (TPSA) is 91.0 Å². The van der Waals surface area contributed by atoms with Crippen molar-refractivity contribution in [1.82, 2.24) is 10.2 Å². The lowest BCUT2D eigenvalue weighted by atomic mass is 10.0. The first-order valence-corrected chi connectivity index (χ1v) is 12.2. The highest BCUT2D eigenvalue weighted by Gasteiger charge is 2.26. The molecule has 0 saturated carbocycles. The smallest absolute Gasteiger partial charge is 0.329 e. The van der Waals surface area contributed by atoms with Crippen molar-refractivity contribution in [2.75, 3.05) is 49.5 Å². The van der Waals surface area contributed by atoms with Gasteiger partial charge < -0.3 is 25.2 Å². The molecule has 1 aliphatic heterocycles. The molecule has 1 fully saturated rings. The van der Waals surface area contributed by atoms with Gasteiger partial charge in [-0.1, -0.05) is 51.1 Å². The van der Waals surface area contributed by atoms with E-state index in [1.165, 1.54) is 0 Å². The van der Waals surface area contributed by atoms with Crippen LogP contribution in [0, 0.1) is 5.92 Å². The number of esters is 1. The third-order valence-electron chi connectivity index (χ3n) is 6.13. The first-order valence-electron chi connectivity index (χ1n) is 12.2. The Hall–Kier alpha value is -3.39. The van der Waals surface area contributed by atoms with Gasteiger partial charge in [0.2, 0.25) is 5.91 Å². The molecule has 2 N–H and O–H groups in total. The minimum absolute atomic E-state index is 0.169. The fourth-order valence-corrected chi connectivity index (χ4v) is 4.00. The number of amides is 2.